The number of amides is 1. The molecule has 0 saturated heterocycles. The van der Waals surface area contributed by atoms with E-state index in [0.29, 0.717) is 22.4 Å². The van der Waals surface area contributed by atoms with Gasteiger partial charge in [0, 0.05) is 23.5 Å². The Morgan fingerprint density at radius 3 is 2.85 bits per heavy atom. The number of carbonyl (C=O) groups is 1. The molecule has 134 valence electrons. The third kappa shape index (κ3) is 3.25. The lowest BCUT2D eigenvalue weighted by atomic mass is 10.2. The van der Waals surface area contributed by atoms with E-state index in [1.807, 2.05) is 12.1 Å². The number of nitrogens with one attached hydrogen (secondary N) is 2. The van der Waals surface area contributed by atoms with Crippen molar-refractivity contribution in [2.24, 2.45) is 0 Å². The molecule has 0 aliphatic carbocycles. The topological polar surface area (TPSA) is 119 Å². The lowest BCUT2D eigenvalue weighted by Gasteiger charge is -2.08. The first-order valence-corrected chi connectivity index (χ1v) is 8.10. The van der Waals surface area contributed by atoms with Gasteiger partial charge in [0.05, 0.1) is 15.8 Å². The minimum absolute atomic E-state index is 0.0198. The van der Waals surface area contributed by atoms with Gasteiger partial charge in [0.25, 0.3) is 5.69 Å². The second-order valence-electron chi connectivity index (χ2n) is 5.87. The summed E-state index contributed by atoms with van der Waals surface area (Å²) in [6.07, 6.45) is 3.08. The van der Waals surface area contributed by atoms with Crippen LogP contribution in [0.15, 0.2) is 61.1 Å². The van der Waals surface area contributed by atoms with Gasteiger partial charge in [0.1, 0.15) is 12.9 Å². The number of non-ortho nitro benzene ring substituents is 1. The van der Waals surface area contributed by atoms with Crippen molar-refractivity contribution in [1.29, 1.82) is 0 Å². The van der Waals surface area contributed by atoms with Crippen LogP contribution in [-0.4, -0.2) is 30.6 Å². The summed E-state index contributed by atoms with van der Waals surface area (Å²) in [6, 6.07) is 13.7. The lowest BCUT2D eigenvalue weighted by Crippen LogP contribution is -2.18. The first kappa shape index (κ1) is 16.5. The monoisotopic (exact) mass is 362 g/mol. The van der Waals surface area contributed by atoms with E-state index >= 15 is 0 Å². The highest BCUT2D eigenvalue weighted by molar-refractivity contribution is 5.94. The zero-order valence-electron chi connectivity index (χ0n) is 14.0. The van der Waals surface area contributed by atoms with Crippen molar-refractivity contribution in [1.82, 2.24) is 19.7 Å². The molecule has 0 aliphatic rings. The second kappa shape index (κ2) is 6.71. The number of aromatic nitrogens is 4. The summed E-state index contributed by atoms with van der Waals surface area (Å²) < 4.78 is 1.68. The van der Waals surface area contributed by atoms with Crippen molar-refractivity contribution in [3.63, 3.8) is 0 Å². The summed E-state index contributed by atoms with van der Waals surface area (Å²) in [6.45, 7) is 0.0389. The Morgan fingerprint density at radius 2 is 2.07 bits per heavy atom. The molecule has 2 aromatic carbocycles. The standard InChI is InChI=1S/C18H14N6O3/c25-17(21-13-4-1-3-12(9-13)18-19-11-20-22-18)10-23-8-7-14-15(23)5-2-6-16(14)24(26)27/h1-9,11H,10H2,(H,21,25)(H,19,20,22). The first-order chi connectivity index (χ1) is 13.1. The molecule has 4 rings (SSSR count). The predicted molar refractivity (Wildman–Crippen MR) is 99.0 cm³/mol. The molecule has 2 N–H and O–H groups in total. The molecule has 0 bridgehead atoms. The fourth-order valence-corrected chi connectivity index (χ4v) is 2.95. The summed E-state index contributed by atoms with van der Waals surface area (Å²) in [5.74, 6) is 0.364. The van der Waals surface area contributed by atoms with E-state index in [1.54, 1.807) is 41.1 Å². The predicted octanol–water partition coefficient (Wildman–Crippen LogP) is 2.97. The number of carbonyl (C=O) groups excluding carboxylic acids is 1. The molecule has 4 aromatic rings. The van der Waals surface area contributed by atoms with Gasteiger partial charge in [-0.15, -0.1) is 0 Å². The van der Waals surface area contributed by atoms with Crippen molar-refractivity contribution >= 4 is 28.2 Å². The van der Waals surface area contributed by atoms with Crippen molar-refractivity contribution in [3.05, 3.63) is 71.2 Å². The van der Waals surface area contributed by atoms with Gasteiger partial charge in [-0.2, -0.15) is 5.10 Å². The molecule has 0 spiro atoms. The summed E-state index contributed by atoms with van der Waals surface area (Å²) in [4.78, 5) is 27.2. The molecule has 1 amide bonds. The largest absolute Gasteiger partial charge is 0.338 e. The van der Waals surface area contributed by atoms with E-state index in [2.05, 4.69) is 20.5 Å². The third-order valence-electron chi connectivity index (χ3n) is 4.14. The first-order valence-electron chi connectivity index (χ1n) is 8.10. The van der Waals surface area contributed by atoms with Gasteiger partial charge in [0.15, 0.2) is 5.82 Å². The molecular formula is C18H14N6O3. The molecule has 9 nitrogen and oxygen atoms in total. The fourth-order valence-electron chi connectivity index (χ4n) is 2.95. The number of hydrogen-bond acceptors (Lipinski definition) is 5. The number of anilines is 1. The van der Waals surface area contributed by atoms with Crippen molar-refractivity contribution in [2.45, 2.75) is 6.54 Å². The van der Waals surface area contributed by atoms with E-state index in [0.717, 1.165) is 5.56 Å². The highest BCUT2D eigenvalue weighted by Gasteiger charge is 2.15. The van der Waals surface area contributed by atoms with Gasteiger partial charge in [-0.25, -0.2) is 4.98 Å². The zero-order chi connectivity index (χ0) is 18.8. The Kier molecular flexibility index (Phi) is 4.09. The molecule has 0 atom stereocenters. The minimum Gasteiger partial charge on any atom is -0.338 e. The Morgan fingerprint density at radius 1 is 1.22 bits per heavy atom. The Labute approximate surface area is 152 Å². The maximum atomic E-state index is 12.4. The summed E-state index contributed by atoms with van der Waals surface area (Å²) in [5.41, 5.74) is 2.07. The number of aromatic amines is 1. The van der Waals surface area contributed by atoms with E-state index in [4.69, 9.17) is 0 Å². The van der Waals surface area contributed by atoms with Crippen LogP contribution in [0.3, 0.4) is 0 Å². The number of nitrogens with zero attached hydrogens (tertiary/aromatic N) is 4. The number of rotatable bonds is 5. The number of hydrogen-bond donors (Lipinski definition) is 2. The normalized spacial score (nSPS) is 10.8. The fraction of sp³-hybridized carbons (Fsp3) is 0.0556. The molecule has 0 fully saturated rings. The highest BCUT2D eigenvalue weighted by Crippen LogP contribution is 2.26. The summed E-state index contributed by atoms with van der Waals surface area (Å²) in [5, 5.41) is 21.0. The number of H-pyrrole nitrogens is 1. The van der Waals surface area contributed by atoms with Crippen LogP contribution in [-0.2, 0) is 11.3 Å². The molecule has 9 heteroatoms. The van der Waals surface area contributed by atoms with Crippen LogP contribution in [0.5, 0.6) is 0 Å². The molecule has 0 unspecified atom stereocenters. The van der Waals surface area contributed by atoms with Gasteiger partial charge in [-0.3, -0.25) is 20.0 Å². The molecule has 0 radical (unpaired) electrons. The number of nitro groups is 1. The molecule has 2 aromatic heterocycles. The SMILES string of the molecule is O=C(Cn1ccc2c([N+](=O)[O-])cccc21)Nc1cccc(-c2ncn[nH]2)c1. The van der Waals surface area contributed by atoms with Gasteiger partial charge in [-0.1, -0.05) is 18.2 Å². The smallest absolute Gasteiger partial charge is 0.278 e. The van der Waals surface area contributed by atoms with E-state index in [-0.39, 0.29) is 18.1 Å². The maximum Gasteiger partial charge on any atom is 0.278 e. The second-order valence-corrected chi connectivity index (χ2v) is 5.87. The molecule has 0 aliphatic heterocycles. The van der Waals surface area contributed by atoms with Crippen molar-refractivity contribution < 1.29 is 9.72 Å². The van der Waals surface area contributed by atoms with Gasteiger partial charge in [0.2, 0.25) is 5.91 Å². The summed E-state index contributed by atoms with van der Waals surface area (Å²) in [7, 11) is 0. The molecule has 0 saturated carbocycles. The zero-order valence-corrected chi connectivity index (χ0v) is 14.0. The average molecular weight is 362 g/mol. The van der Waals surface area contributed by atoms with Crippen LogP contribution >= 0.6 is 0 Å². The van der Waals surface area contributed by atoms with Gasteiger partial charge >= 0.3 is 0 Å². The van der Waals surface area contributed by atoms with E-state index < -0.39 is 4.92 Å². The van der Waals surface area contributed by atoms with Crippen LogP contribution in [0, 0.1) is 10.1 Å². The lowest BCUT2D eigenvalue weighted by molar-refractivity contribution is -0.383. The summed E-state index contributed by atoms with van der Waals surface area (Å²) >= 11 is 0. The van der Waals surface area contributed by atoms with E-state index in [9.17, 15) is 14.9 Å². The molecular weight excluding hydrogens is 348 g/mol. The minimum atomic E-state index is -0.429. The number of nitro benzene ring substituents is 1. The Balaban J connectivity index is 1.54. The van der Waals surface area contributed by atoms with Crippen LogP contribution in [0.25, 0.3) is 22.3 Å². The van der Waals surface area contributed by atoms with Gasteiger partial charge in [-0.05, 0) is 24.3 Å². The number of benzene rings is 2. The maximum absolute atomic E-state index is 12.4. The molecule has 27 heavy (non-hydrogen) atoms. The van der Waals surface area contributed by atoms with Crippen LogP contribution in [0.4, 0.5) is 11.4 Å². The van der Waals surface area contributed by atoms with Crippen LogP contribution in [0.2, 0.25) is 0 Å². The quantitative estimate of drug-likeness (QED) is 0.418. The van der Waals surface area contributed by atoms with Gasteiger partial charge < -0.3 is 9.88 Å². The average Bonchev–Trinajstić information content (AvgIpc) is 3.32. The molecule has 2 heterocycles. The number of fused-ring (bicyclic) bond motifs is 1. The van der Waals surface area contributed by atoms with Crippen molar-refractivity contribution in [3.8, 4) is 11.4 Å². The third-order valence-corrected chi connectivity index (χ3v) is 4.14. The Hall–Kier alpha value is -4.01. The van der Waals surface area contributed by atoms with Crippen molar-refractivity contribution in [2.75, 3.05) is 5.32 Å². The van der Waals surface area contributed by atoms with Crippen LogP contribution < -0.4 is 5.32 Å². The van der Waals surface area contributed by atoms with E-state index in [1.165, 1.54) is 12.4 Å². The van der Waals surface area contributed by atoms with Crippen LogP contribution in [0.1, 0.15) is 0 Å². The highest BCUT2D eigenvalue weighted by atomic mass is 16.6. The Bertz CT molecular complexity index is 1130.